The molecule has 4 nitrogen and oxygen atoms in total. The summed E-state index contributed by atoms with van der Waals surface area (Å²) in [5.41, 5.74) is 4.16. The smallest absolute Gasteiger partial charge is 0.259 e. The van der Waals surface area contributed by atoms with Crippen LogP contribution in [0.1, 0.15) is 22.8 Å². The van der Waals surface area contributed by atoms with Crippen molar-refractivity contribution in [1.82, 2.24) is 4.98 Å². The number of halogens is 1. The summed E-state index contributed by atoms with van der Waals surface area (Å²) in [4.78, 5) is 18.9. The Balaban J connectivity index is 1.84. The summed E-state index contributed by atoms with van der Waals surface area (Å²) < 4.78 is 0. The number of aromatic nitrogens is 1. The summed E-state index contributed by atoms with van der Waals surface area (Å²) in [6.45, 7) is 4.56. The van der Waals surface area contributed by atoms with E-state index < -0.39 is 0 Å². The van der Waals surface area contributed by atoms with E-state index in [9.17, 15) is 4.79 Å². The number of carbonyl (C=O) groups excluding carboxylic acids is 1. The van der Waals surface area contributed by atoms with Gasteiger partial charge in [-0.05, 0) is 61.9 Å². The molecular formula is C21H20ClN3O. The molecule has 0 bridgehead atoms. The number of amides is 1. The van der Waals surface area contributed by atoms with Crippen LogP contribution in [-0.2, 0) is 0 Å². The van der Waals surface area contributed by atoms with Crippen LogP contribution in [-0.4, -0.2) is 17.4 Å². The molecule has 0 spiro atoms. The van der Waals surface area contributed by atoms with Crippen molar-refractivity contribution in [2.24, 2.45) is 0 Å². The monoisotopic (exact) mass is 365 g/mol. The molecule has 26 heavy (non-hydrogen) atoms. The Morgan fingerprint density at radius 3 is 2.54 bits per heavy atom. The fourth-order valence-corrected chi connectivity index (χ4v) is 2.85. The Hall–Kier alpha value is -2.85. The number of benzene rings is 2. The van der Waals surface area contributed by atoms with E-state index in [1.54, 1.807) is 17.3 Å². The molecule has 0 saturated heterocycles. The van der Waals surface area contributed by atoms with E-state index in [-0.39, 0.29) is 5.91 Å². The van der Waals surface area contributed by atoms with Gasteiger partial charge in [0.15, 0.2) is 0 Å². The summed E-state index contributed by atoms with van der Waals surface area (Å²) in [5.74, 6) is -0.0784. The summed E-state index contributed by atoms with van der Waals surface area (Å²) in [7, 11) is 0. The molecular weight excluding hydrogens is 346 g/mol. The number of hydrogen-bond acceptors (Lipinski definition) is 3. The maximum atomic E-state index is 13.0. The third-order valence-electron chi connectivity index (χ3n) is 3.99. The summed E-state index contributed by atoms with van der Waals surface area (Å²) in [6.07, 6.45) is 3.28. The van der Waals surface area contributed by atoms with E-state index in [4.69, 9.17) is 11.6 Å². The third-order valence-corrected chi connectivity index (χ3v) is 4.24. The van der Waals surface area contributed by atoms with Crippen molar-refractivity contribution in [3.05, 3.63) is 83.1 Å². The number of anilines is 3. The molecule has 1 amide bonds. The summed E-state index contributed by atoms with van der Waals surface area (Å²) in [5, 5.41) is 3.92. The van der Waals surface area contributed by atoms with Crippen LogP contribution >= 0.6 is 11.6 Å². The van der Waals surface area contributed by atoms with Gasteiger partial charge in [0.1, 0.15) is 0 Å². The number of pyridine rings is 1. The standard InChI is InChI=1S/C21H20ClN3O/c1-3-25(20-6-4-5-15(2)11-20)21(26)16-12-19(14-23-13-16)24-18-9-7-17(22)8-10-18/h4-14,24H,3H2,1-2H3. The highest BCUT2D eigenvalue weighted by atomic mass is 35.5. The van der Waals surface area contributed by atoms with E-state index in [0.717, 1.165) is 22.6 Å². The number of nitrogens with zero attached hydrogens (tertiary/aromatic N) is 2. The van der Waals surface area contributed by atoms with Gasteiger partial charge in [0.05, 0.1) is 17.4 Å². The fraction of sp³-hybridized carbons (Fsp3) is 0.143. The molecule has 0 aliphatic carbocycles. The van der Waals surface area contributed by atoms with E-state index in [1.165, 1.54) is 0 Å². The zero-order chi connectivity index (χ0) is 18.5. The van der Waals surface area contributed by atoms with Crippen LogP contribution in [0, 0.1) is 6.92 Å². The molecule has 1 N–H and O–H groups in total. The minimum atomic E-state index is -0.0784. The molecule has 3 rings (SSSR count). The highest BCUT2D eigenvalue weighted by Gasteiger charge is 2.17. The first-order valence-corrected chi connectivity index (χ1v) is 8.81. The molecule has 0 aliphatic rings. The van der Waals surface area contributed by atoms with Crippen molar-refractivity contribution >= 4 is 34.6 Å². The van der Waals surface area contributed by atoms with Gasteiger partial charge in [-0.25, -0.2) is 0 Å². The SMILES string of the molecule is CCN(C(=O)c1cncc(Nc2ccc(Cl)cc2)c1)c1cccc(C)c1. The van der Waals surface area contributed by atoms with Gasteiger partial charge >= 0.3 is 0 Å². The molecule has 0 fully saturated rings. The lowest BCUT2D eigenvalue weighted by Crippen LogP contribution is -2.30. The predicted molar refractivity (Wildman–Crippen MR) is 108 cm³/mol. The molecule has 3 aromatic rings. The molecule has 132 valence electrons. The zero-order valence-corrected chi connectivity index (χ0v) is 15.5. The van der Waals surface area contributed by atoms with Crippen LogP contribution in [0.2, 0.25) is 5.02 Å². The van der Waals surface area contributed by atoms with Crippen LogP contribution in [0.5, 0.6) is 0 Å². The molecule has 1 heterocycles. The van der Waals surface area contributed by atoms with Gasteiger partial charge < -0.3 is 10.2 Å². The first-order valence-electron chi connectivity index (χ1n) is 8.43. The van der Waals surface area contributed by atoms with Crippen molar-refractivity contribution < 1.29 is 4.79 Å². The molecule has 1 aromatic heterocycles. The molecule has 0 radical (unpaired) electrons. The van der Waals surface area contributed by atoms with Gasteiger partial charge in [-0.1, -0.05) is 23.7 Å². The Kier molecular flexibility index (Phi) is 5.54. The minimum absolute atomic E-state index is 0.0784. The molecule has 0 atom stereocenters. The second kappa shape index (κ2) is 8.02. The van der Waals surface area contributed by atoms with Gasteiger partial charge in [0.25, 0.3) is 5.91 Å². The number of carbonyl (C=O) groups is 1. The van der Waals surface area contributed by atoms with Crippen LogP contribution < -0.4 is 10.2 Å². The minimum Gasteiger partial charge on any atom is -0.354 e. The molecule has 0 unspecified atom stereocenters. The lowest BCUT2D eigenvalue weighted by Gasteiger charge is -2.21. The van der Waals surface area contributed by atoms with Gasteiger partial charge in [-0.3, -0.25) is 9.78 Å². The summed E-state index contributed by atoms with van der Waals surface area (Å²) >= 11 is 5.91. The highest BCUT2D eigenvalue weighted by Crippen LogP contribution is 2.22. The summed E-state index contributed by atoms with van der Waals surface area (Å²) in [6, 6.07) is 17.1. The van der Waals surface area contributed by atoms with Crippen molar-refractivity contribution in [3.8, 4) is 0 Å². The predicted octanol–water partition coefficient (Wildman–Crippen LogP) is 5.45. The van der Waals surface area contributed by atoms with Crippen LogP contribution in [0.15, 0.2) is 67.0 Å². The molecule has 0 aliphatic heterocycles. The maximum Gasteiger partial charge on any atom is 0.259 e. The normalized spacial score (nSPS) is 10.4. The Morgan fingerprint density at radius 1 is 1.08 bits per heavy atom. The van der Waals surface area contributed by atoms with Gasteiger partial charge in [-0.2, -0.15) is 0 Å². The van der Waals surface area contributed by atoms with Crippen LogP contribution in [0.3, 0.4) is 0 Å². The van der Waals surface area contributed by atoms with Crippen LogP contribution in [0.4, 0.5) is 17.1 Å². The Bertz CT molecular complexity index is 909. The maximum absolute atomic E-state index is 13.0. The zero-order valence-electron chi connectivity index (χ0n) is 14.7. The van der Waals surface area contributed by atoms with E-state index in [2.05, 4.69) is 10.3 Å². The van der Waals surface area contributed by atoms with E-state index in [1.807, 2.05) is 68.4 Å². The first-order chi connectivity index (χ1) is 12.6. The van der Waals surface area contributed by atoms with Gasteiger partial charge in [-0.15, -0.1) is 0 Å². The average molecular weight is 366 g/mol. The average Bonchev–Trinajstić information content (AvgIpc) is 2.64. The highest BCUT2D eigenvalue weighted by molar-refractivity contribution is 6.30. The second-order valence-corrected chi connectivity index (χ2v) is 6.42. The lowest BCUT2D eigenvalue weighted by atomic mass is 10.1. The number of nitrogens with one attached hydrogen (secondary N) is 1. The van der Waals surface area contributed by atoms with Crippen LogP contribution in [0.25, 0.3) is 0 Å². The number of aryl methyl sites for hydroxylation is 1. The lowest BCUT2D eigenvalue weighted by molar-refractivity contribution is 0.0988. The molecule has 0 saturated carbocycles. The first kappa shape index (κ1) is 18.0. The Labute approximate surface area is 158 Å². The molecule has 2 aromatic carbocycles. The van der Waals surface area contributed by atoms with Crippen molar-refractivity contribution in [3.63, 3.8) is 0 Å². The molecule has 5 heteroatoms. The largest absolute Gasteiger partial charge is 0.354 e. The third kappa shape index (κ3) is 4.21. The fourth-order valence-electron chi connectivity index (χ4n) is 2.72. The second-order valence-electron chi connectivity index (χ2n) is 5.98. The topological polar surface area (TPSA) is 45.2 Å². The van der Waals surface area contributed by atoms with Gasteiger partial charge in [0, 0.05) is 29.1 Å². The van der Waals surface area contributed by atoms with Crippen molar-refractivity contribution in [2.45, 2.75) is 13.8 Å². The number of rotatable bonds is 5. The Morgan fingerprint density at radius 2 is 1.85 bits per heavy atom. The number of hydrogen-bond donors (Lipinski definition) is 1. The quantitative estimate of drug-likeness (QED) is 0.653. The van der Waals surface area contributed by atoms with E-state index in [0.29, 0.717) is 17.1 Å². The van der Waals surface area contributed by atoms with E-state index >= 15 is 0 Å². The van der Waals surface area contributed by atoms with Crippen molar-refractivity contribution in [2.75, 3.05) is 16.8 Å². The van der Waals surface area contributed by atoms with Crippen molar-refractivity contribution in [1.29, 1.82) is 0 Å². The van der Waals surface area contributed by atoms with Gasteiger partial charge in [0.2, 0.25) is 0 Å².